The third-order valence-electron chi connectivity index (χ3n) is 7.63. The summed E-state index contributed by atoms with van der Waals surface area (Å²) in [5.41, 5.74) is 3.63. The molecule has 2 aromatic rings. The van der Waals surface area contributed by atoms with Gasteiger partial charge in [-0.2, -0.15) is 5.10 Å². The number of amides is 4. The fraction of sp³-hybridized carbons (Fsp3) is 0.419. The highest BCUT2D eigenvalue weighted by Gasteiger charge is 2.58. The molecule has 2 aliphatic rings. The first kappa shape index (κ1) is 29.6. The maximum Gasteiger partial charge on any atom is 0.332 e. The van der Waals surface area contributed by atoms with Crippen LogP contribution in [0.5, 0.6) is 0 Å². The van der Waals surface area contributed by atoms with Crippen LogP contribution in [-0.2, 0) is 11.3 Å². The Morgan fingerprint density at radius 2 is 1.62 bits per heavy atom. The normalized spacial score (nSPS) is 20.8. The maximum atomic E-state index is 13.9. The lowest BCUT2D eigenvalue weighted by molar-refractivity contribution is -0.127. The molecule has 1 spiro atoms. The fourth-order valence-electron chi connectivity index (χ4n) is 5.46. The van der Waals surface area contributed by atoms with Crippen molar-refractivity contribution in [1.29, 1.82) is 0 Å². The molecule has 0 atom stereocenters. The van der Waals surface area contributed by atoms with Gasteiger partial charge < -0.3 is 10.2 Å². The average Bonchev–Trinajstić information content (AvgIpc) is 3.11. The topological polar surface area (TPSA) is 94.1 Å². The Labute approximate surface area is 232 Å². The number of rotatable bonds is 7. The number of benzene rings is 2. The Balaban J connectivity index is 0.00000205. The van der Waals surface area contributed by atoms with E-state index in [1.807, 2.05) is 44.2 Å². The van der Waals surface area contributed by atoms with Crippen LogP contribution in [0.3, 0.4) is 0 Å². The predicted octanol–water partition coefficient (Wildman–Crippen LogP) is 6.06. The van der Waals surface area contributed by atoms with E-state index in [0.717, 1.165) is 18.4 Å². The van der Waals surface area contributed by atoms with E-state index in [2.05, 4.69) is 49.9 Å². The molecular weight excluding hydrogens is 490 g/mol. The summed E-state index contributed by atoms with van der Waals surface area (Å²) < 4.78 is 0. The molecule has 4 amide bonds. The standard InChI is InChI=1S/C29H35N5O3.C2H6/c1-20(32-30-5)31-25(35)22-13-11-21(12-14-22)19-33-27(37)34(24-9-7-6-8-10-24)26(36)29(33)17-15-23(16-18-29)28(2,3)4;1-2/h6-14,23,32H,1,5,15-19H2,2-4H3,(H,31,35);1-2H3. The first-order chi connectivity index (χ1) is 18.6. The molecule has 0 unspecified atom stereocenters. The summed E-state index contributed by atoms with van der Waals surface area (Å²) in [5.74, 6) is 0.229. The molecule has 1 saturated carbocycles. The molecule has 39 heavy (non-hydrogen) atoms. The SMILES string of the molecule is C=NNC(=C)NC(=O)c1ccc(CN2C(=O)N(c3ccccc3)C(=O)C23CCC(C(C)(C)C)CC3)cc1.CC. The van der Waals surface area contributed by atoms with Crippen molar-refractivity contribution >= 4 is 30.3 Å². The number of anilines is 1. The van der Waals surface area contributed by atoms with Crippen molar-refractivity contribution in [2.75, 3.05) is 4.90 Å². The van der Waals surface area contributed by atoms with Crippen LogP contribution in [-0.4, -0.2) is 35.0 Å². The number of carbonyl (C=O) groups excluding carboxylic acids is 3. The number of hydrazone groups is 1. The summed E-state index contributed by atoms with van der Waals surface area (Å²) in [6, 6.07) is 15.8. The number of nitrogens with zero attached hydrogens (tertiary/aromatic N) is 3. The average molecular weight is 532 g/mol. The van der Waals surface area contributed by atoms with Gasteiger partial charge in [-0.1, -0.05) is 71.5 Å². The van der Waals surface area contributed by atoms with Crippen molar-refractivity contribution in [2.24, 2.45) is 16.4 Å². The van der Waals surface area contributed by atoms with E-state index in [0.29, 0.717) is 30.0 Å². The summed E-state index contributed by atoms with van der Waals surface area (Å²) in [4.78, 5) is 43.2. The molecule has 2 N–H and O–H groups in total. The highest BCUT2D eigenvalue weighted by molar-refractivity contribution is 6.23. The lowest BCUT2D eigenvalue weighted by atomic mass is 9.67. The van der Waals surface area contributed by atoms with E-state index in [4.69, 9.17) is 0 Å². The number of nitrogens with one attached hydrogen (secondary N) is 2. The molecule has 8 nitrogen and oxygen atoms in total. The number of hydrogen-bond acceptors (Lipinski definition) is 5. The number of hydrogen-bond donors (Lipinski definition) is 2. The van der Waals surface area contributed by atoms with Crippen molar-refractivity contribution in [3.05, 3.63) is 78.1 Å². The molecule has 2 fully saturated rings. The Morgan fingerprint density at radius 3 is 2.15 bits per heavy atom. The van der Waals surface area contributed by atoms with Gasteiger partial charge >= 0.3 is 6.03 Å². The van der Waals surface area contributed by atoms with Crippen molar-refractivity contribution < 1.29 is 14.4 Å². The van der Waals surface area contributed by atoms with Gasteiger partial charge in [-0.05, 0) is 66.8 Å². The third-order valence-corrected chi connectivity index (χ3v) is 7.63. The lowest BCUT2D eigenvalue weighted by Gasteiger charge is -2.44. The van der Waals surface area contributed by atoms with Gasteiger partial charge in [-0.25, -0.2) is 9.69 Å². The molecule has 0 radical (unpaired) electrons. The second kappa shape index (κ2) is 12.3. The largest absolute Gasteiger partial charge is 0.332 e. The zero-order chi connectivity index (χ0) is 28.8. The van der Waals surface area contributed by atoms with Crippen LogP contribution in [0.1, 0.15) is 76.2 Å². The Bertz CT molecular complexity index is 1190. The molecule has 1 saturated heterocycles. The van der Waals surface area contributed by atoms with Crippen LogP contribution in [0.4, 0.5) is 10.5 Å². The van der Waals surface area contributed by atoms with E-state index in [9.17, 15) is 14.4 Å². The van der Waals surface area contributed by atoms with Crippen LogP contribution in [0.2, 0.25) is 0 Å². The van der Waals surface area contributed by atoms with Gasteiger partial charge in [-0.15, -0.1) is 0 Å². The van der Waals surface area contributed by atoms with Gasteiger partial charge in [0.05, 0.1) is 5.69 Å². The molecular formula is C31H41N5O3. The lowest BCUT2D eigenvalue weighted by Crippen LogP contribution is -2.52. The first-order valence-corrected chi connectivity index (χ1v) is 13.6. The Morgan fingerprint density at radius 1 is 1.03 bits per heavy atom. The van der Waals surface area contributed by atoms with Crippen LogP contribution in [0.25, 0.3) is 0 Å². The second-order valence-electron chi connectivity index (χ2n) is 10.9. The van der Waals surface area contributed by atoms with E-state index in [1.54, 1.807) is 29.2 Å². The molecule has 208 valence electrons. The van der Waals surface area contributed by atoms with Crippen molar-refractivity contribution in [3.63, 3.8) is 0 Å². The molecule has 0 aromatic heterocycles. The molecule has 2 aromatic carbocycles. The van der Waals surface area contributed by atoms with E-state index in [1.165, 1.54) is 4.90 Å². The minimum atomic E-state index is -0.869. The van der Waals surface area contributed by atoms with Crippen LogP contribution >= 0.6 is 0 Å². The summed E-state index contributed by atoms with van der Waals surface area (Å²) in [7, 11) is 0. The fourth-order valence-corrected chi connectivity index (χ4v) is 5.46. The van der Waals surface area contributed by atoms with Gasteiger partial charge in [-0.3, -0.25) is 15.0 Å². The van der Waals surface area contributed by atoms with Gasteiger partial charge in [0.1, 0.15) is 11.4 Å². The Hall–Kier alpha value is -3.94. The summed E-state index contributed by atoms with van der Waals surface area (Å²) >= 11 is 0. The number of urea groups is 1. The highest BCUT2D eigenvalue weighted by Crippen LogP contribution is 2.48. The van der Waals surface area contributed by atoms with Crippen molar-refractivity contribution in [3.8, 4) is 0 Å². The first-order valence-electron chi connectivity index (χ1n) is 13.6. The number of imide groups is 1. The van der Waals surface area contributed by atoms with Crippen molar-refractivity contribution in [2.45, 2.75) is 72.4 Å². The summed E-state index contributed by atoms with van der Waals surface area (Å²) in [6.07, 6.45) is 3.04. The minimum absolute atomic E-state index is 0.145. The molecule has 4 rings (SSSR count). The van der Waals surface area contributed by atoms with Gasteiger partial charge in [0, 0.05) is 18.8 Å². The molecule has 1 aliphatic heterocycles. The van der Waals surface area contributed by atoms with Gasteiger partial charge in [0.25, 0.3) is 11.8 Å². The predicted molar refractivity (Wildman–Crippen MR) is 156 cm³/mol. The second-order valence-corrected chi connectivity index (χ2v) is 10.9. The molecule has 1 aliphatic carbocycles. The van der Waals surface area contributed by atoms with Crippen LogP contribution < -0.4 is 15.6 Å². The van der Waals surface area contributed by atoms with Gasteiger partial charge in [0.2, 0.25) is 0 Å². The Kier molecular flexibility index (Phi) is 9.32. The van der Waals surface area contributed by atoms with Crippen LogP contribution in [0, 0.1) is 11.3 Å². The molecule has 0 bridgehead atoms. The summed E-state index contributed by atoms with van der Waals surface area (Å²) in [6.45, 7) is 17.9. The molecule has 1 heterocycles. The van der Waals surface area contributed by atoms with Gasteiger partial charge in [0.15, 0.2) is 0 Å². The minimum Gasteiger partial charge on any atom is -0.307 e. The smallest absolute Gasteiger partial charge is 0.307 e. The zero-order valence-corrected chi connectivity index (χ0v) is 23.8. The van der Waals surface area contributed by atoms with Crippen molar-refractivity contribution in [1.82, 2.24) is 15.6 Å². The zero-order valence-electron chi connectivity index (χ0n) is 23.8. The van der Waals surface area contributed by atoms with E-state index >= 15 is 0 Å². The highest BCUT2D eigenvalue weighted by atomic mass is 16.2. The monoisotopic (exact) mass is 531 g/mol. The number of para-hydroxylation sites is 1. The quantitative estimate of drug-likeness (QED) is 0.258. The van der Waals surface area contributed by atoms with E-state index < -0.39 is 5.54 Å². The summed E-state index contributed by atoms with van der Waals surface area (Å²) in [5, 5.41) is 6.07. The van der Waals surface area contributed by atoms with E-state index in [-0.39, 0.29) is 35.6 Å². The number of carbonyl (C=O) groups is 3. The molecule has 8 heteroatoms. The maximum absolute atomic E-state index is 13.9. The third kappa shape index (κ3) is 6.21. The van der Waals surface area contributed by atoms with Crippen LogP contribution in [0.15, 0.2) is 72.1 Å².